The van der Waals surface area contributed by atoms with Crippen LogP contribution in [0.1, 0.15) is 0 Å². The summed E-state index contributed by atoms with van der Waals surface area (Å²) in [4.78, 5) is 0. The molecule has 0 radical (unpaired) electrons. The van der Waals surface area contributed by atoms with Crippen LogP contribution in [0.4, 0.5) is 0 Å². The molecule has 7 nitrogen and oxygen atoms in total. The van der Waals surface area contributed by atoms with Gasteiger partial charge in [-0.1, -0.05) is 23.9 Å². The van der Waals surface area contributed by atoms with E-state index >= 15 is 0 Å². The first kappa shape index (κ1) is 14.6. The molecule has 1 N–H and O–H groups in total. The van der Waals surface area contributed by atoms with Gasteiger partial charge in [0.25, 0.3) is 0 Å². The summed E-state index contributed by atoms with van der Waals surface area (Å²) < 4.78 is 12.4. The molecule has 0 bridgehead atoms. The Balaban J connectivity index is 1.80. The number of methoxy groups -OCH3 is 1. The molecule has 0 aliphatic rings. The third kappa shape index (κ3) is 3.84. The highest BCUT2D eigenvalue weighted by atomic mass is 32.2. The monoisotopic (exact) mass is 296 g/mol. The zero-order valence-corrected chi connectivity index (χ0v) is 11.9. The van der Waals surface area contributed by atoms with E-state index in [2.05, 4.69) is 15.5 Å². The van der Waals surface area contributed by atoms with Gasteiger partial charge in [-0.25, -0.2) is 4.68 Å². The van der Waals surface area contributed by atoms with Gasteiger partial charge in [-0.15, -0.1) is 5.10 Å². The number of nitrogens with zero attached hydrogens (tertiary/aromatic N) is 4. The molecule has 2 rings (SSSR count). The van der Waals surface area contributed by atoms with Crippen molar-refractivity contribution in [1.82, 2.24) is 20.2 Å². The van der Waals surface area contributed by atoms with Crippen molar-refractivity contribution >= 4 is 11.8 Å². The van der Waals surface area contributed by atoms with Crippen LogP contribution in [0.5, 0.6) is 11.5 Å². The van der Waals surface area contributed by atoms with Gasteiger partial charge in [0, 0.05) is 5.75 Å². The third-order valence-corrected chi connectivity index (χ3v) is 3.37. The van der Waals surface area contributed by atoms with E-state index in [1.807, 2.05) is 24.3 Å². The molecule has 0 aliphatic carbocycles. The molecule has 108 valence electrons. The highest BCUT2D eigenvalue weighted by Crippen LogP contribution is 2.26. The molecular weight excluding hydrogens is 280 g/mol. The SMILES string of the molecule is COc1ccccc1OCCSc1nnnn1CCO. The van der Waals surface area contributed by atoms with E-state index < -0.39 is 0 Å². The van der Waals surface area contributed by atoms with E-state index in [9.17, 15) is 0 Å². The summed E-state index contributed by atoms with van der Waals surface area (Å²) in [7, 11) is 1.61. The highest BCUT2D eigenvalue weighted by Gasteiger charge is 2.07. The van der Waals surface area contributed by atoms with Gasteiger partial charge in [-0.2, -0.15) is 0 Å². The molecule has 0 fully saturated rings. The van der Waals surface area contributed by atoms with Crippen LogP contribution in [-0.2, 0) is 6.54 Å². The smallest absolute Gasteiger partial charge is 0.209 e. The minimum Gasteiger partial charge on any atom is -0.493 e. The van der Waals surface area contributed by atoms with Gasteiger partial charge < -0.3 is 14.6 Å². The number of ether oxygens (including phenoxy) is 2. The Morgan fingerprint density at radius 3 is 2.85 bits per heavy atom. The van der Waals surface area contributed by atoms with Crippen molar-refractivity contribution < 1.29 is 14.6 Å². The second kappa shape index (κ2) is 7.71. The maximum absolute atomic E-state index is 8.88. The fourth-order valence-corrected chi connectivity index (χ4v) is 2.28. The Morgan fingerprint density at radius 1 is 1.30 bits per heavy atom. The van der Waals surface area contributed by atoms with Gasteiger partial charge >= 0.3 is 0 Å². The maximum Gasteiger partial charge on any atom is 0.209 e. The second-order valence-electron chi connectivity index (χ2n) is 3.76. The lowest BCUT2D eigenvalue weighted by atomic mass is 10.3. The lowest BCUT2D eigenvalue weighted by molar-refractivity contribution is 0.262. The Bertz CT molecular complexity index is 535. The number of rotatable bonds is 8. The highest BCUT2D eigenvalue weighted by molar-refractivity contribution is 7.99. The number of thioether (sulfide) groups is 1. The molecule has 2 aromatic rings. The van der Waals surface area contributed by atoms with Crippen molar-refractivity contribution in [2.75, 3.05) is 26.1 Å². The van der Waals surface area contributed by atoms with Crippen LogP contribution in [0.3, 0.4) is 0 Å². The zero-order valence-electron chi connectivity index (χ0n) is 11.1. The number of para-hydroxylation sites is 2. The summed E-state index contributed by atoms with van der Waals surface area (Å²) in [6.07, 6.45) is 0. The number of benzene rings is 1. The van der Waals surface area contributed by atoms with Crippen molar-refractivity contribution in [3.8, 4) is 11.5 Å². The Labute approximate surface area is 120 Å². The summed E-state index contributed by atoms with van der Waals surface area (Å²) in [6, 6.07) is 7.50. The molecule has 0 spiro atoms. The normalized spacial score (nSPS) is 10.5. The van der Waals surface area contributed by atoms with Crippen molar-refractivity contribution in [3.05, 3.63) is 24.3 Å². The Kier molecular flexibility index (Phi) is 5.63. The van der Waals surface area contributed by atoms with Gasteiger partial charge in [0.1, 0.15) is 0 Å². The van der Waals surface area contributed by atoms with Gasteiger partial charge in [0.05, 0.1) is 26.9 Å². The van der Waals surface area contributed by atoms with E-state index in [-0.39, 0.29) is 6.61 Å². The molecule has 0 saturated heterocycles. The van der Waals surface area contributed by atoms with Crippen LogP contribution in [0.2, 0.25) is 0 Å². The van der Waals surface area contributed by atoms with Crippen LogP contribution >= 0.6 is 11.8 Å². The molecule has 0 saturated carbocycles. The van der Waals surface area contributed by atoms with E-state index in [1.165, 1.54) is 11.8 Å². The number of hydrogen-bond donors (Lipinski definition) is 1. The summed E-state index contributed by atoms with van der Waals surface area (Å²) in [5.74, 6) is 2.12. The fourth-order valence-electron chi connectivity index (χ4n) is 1.56. The minimum absolute atomic E-state index is 0.0102. The van der Waals surface area contributed by atoms with E-state index in [4.69, 9.17) is 14.6 Å². The van der Waals surface area contributed by atoms with Crippen molar-refractivity contribution in [2.24, 2.45) is 0 Å². The zero-order chi connectivity index (χ0) is 14.2. The quantitative estimate of drug-likeness (QED) is 0.571. The molecule has 1 heterocycles. The van der Waals surface area contributed by atoms with Gasteiger partial charge in [0.15, 0.2) is 11.5 Å². The first-order chi connectivity index (χ1) is 9.85. The molecule has 8 heteroatoms. The Hall–Kier alpha value is -1.80. The average Bonchev–Trinajstić information content (AvgIpc) is 2.92. The number of aromatic nitrogens is 4. The molecule has 0 amide bonds. The first-order valence-corrected chi connectivity index (χ1v) is 7.09. The fraction of sp³-hybridized carbons (Fsp3) is 0.417. The molecule has 0 aliphatic heterocycles. The standard InChI is InChI=1S/C12H16N4O3S/c1-18-10-4-2-3-5-11(10)19-8-9-20-12-13-14-15-16(12)6-7-17/h2-5,17H,6-9H2,1H3. The number of tetrazole rings is 1. The molecule has 1 aromatic heterocycles. The van der Waals surface area contributed by atoms with E-state index in [1.54, 1.807) is 11.8 Å². The number of hydrogen-bond acceptors (Lipinski definition) is 7. The van der Waals surface area contributed by atoms with Crippen LogP contribution < -0.4 is 9.47 Å². The predicted octanol–water partition coefficient (Wildman–Crippen LogP) is 0.845. The van der Waals surface area contributed by atoms with Crippen LogP contribution in [0.15, 0.2) is 29.4 Å². The lowest BCUT2D eigenvalue weighted by Crippen LogP contribution is -2.07. The summed E-state index contributed by atoms with van der Waals surface area (Å²) in [6.45, 7) is 0.913. The minimum atomic E-state index is 0.0102. The molecule has 20 heavy (non-hydrogen) atoms. The van der Waals surface area contributed by atoms with E-state index in [0.29, 0.717) is 35.6 Å². The maximum atomic E-state index is 8.88. The van der Waals surface area contributed by atoms with Gasteiger partial charge in [-0.3, -0.25) is 0 Å². The lowest BCUT2D eigenvalue weighted by Gasteiger charge is -2.09. The second-order valence-corrected chi connectivity index (χ2v) is 4.82. The topological polar surface area (TPSA) is 82.3 Å². The average molecular weight is 296 g/mol. The summed E-state index contributed by atoms with van der Waals surface area (Å²) in [5, 5.41) is 20.8. The molecule has 0 atom stereocenters. The molecule has 0 unspecified atom stereocenters. The van der Waals surface area contributed by atoms with Crippen molar-refractivity contribution in [3.63, 3.8) is 0 Å². The number of aliphatic hydroxyl groups excluding tert-OH is 1. The summed E-state index contributed by atoms with van der Waals surface area (Å²) >= 11 is 1.48. The van der Waals surface area contributed by atoms with Gasteiger partial charge in [0.2, 0.25) is 5.16 Å². The van der Waals surface area contributed by atoms with Crippen molar-refractivity contribution in [1.29, 1.82) is 0 Å². The largest absolute Gasteiger partial charge is 0.493 e. The van der Waals surface area contributed by atoms with Crippen LogP contribution in [-0.4, -0.2) is 51.4 Å². The van der Waals surface area contributed by atoms with Gasteiger partial charge in [-0.05, 0) is 22.6 Å². The van der Waals surface area contributed by atoms with Crippen LogP contribution in [0.25, 0.3) is 0 Å². The number of aliphatic hydroxyl groups is 1. The first-order valence-electron chi connectivity index (χ1n) is 6.10. The van der Waals surface area contributed by atoms with E-state index in [0.717, 1.165) is 0 Å². The molecule has 1 aromatic carbocycles. The van der Waals surface area contributed by atoms with Crippen LogP contribution in [0, 0.1) is 0 Å². The predicted molar refractivity (Wildman–Crippen MR) is 74.1 cm³/mol. The third-order valence-electron chi connectivity index (χ3n) is 2.45. The Morgan fingerprint density at radius 2 is 2.10 bits per heavy atom. The van der Waals surface area contributed by atoms with Crippen molar-refractivity contribution in [2.45, 2.75) is 11.7 Å². The molecular formula is C12H16N4O3S. The summed E-state index contributed by atoms with van der Waals surface area (Å²) in [5.41, 5.74) is 0.